The van der Waals surface area contributed by atoms with Crippen LogP contribution >= 0.6 is 0 Å². The number of H-pyrrole nitrogens is 1. The summed E-state index contributed by atoms with van der Waals surface area (Å²) in [6.45, 7) is 4.43. The van der Waals surface area contributed by atoms with E-state index in [1.165, 1.54) is 11.1 Å². The predicted octanol–water partition coefficient (Wildman–Crippen LogP) is 3.86. The highest BCUT2D eigenvalue weighted by Crippen LogP contribution is 2.39. The Bertz CT molecular complexity index is 705. The van der Waals surface area contributed by atoms with Crippen LogP contribution in [0.2, 0.25) is 0 Å². The number of aromatic nitrogens is 1. The quantitative estimate of drug-likeness (QED) is 0.446. The van der Waals surface area contributed by atoms with Crippen LogP contribution in [-0.2, 0) is 6.42 Å². The first-order chi connectivity index (χ1) is 9.83. The largest absolute Gasteiger partial charge is 0.396 e. The van der Waals surface area contributed by atoms with E-state index >= 15 is 0 Å². The zero-order valence-electron chi connectivity index (χ0n) is 11.4. The number of aromatic amines is 1. The molecule has 0 aliphatic heterocycles. The van der Waals surface area contributed by atoms with E-state index in [-0.39, 0.29) is 0 Å². The van der Waals surface area contributed by atoms with Crippen molar-refractivity contribution in [3.05, 3.63) is 54.3 Å². The summed E-state index contributed by atoms with van der Waals surface area (Å²) >= 11 is 0. The molecule has 102 valence electrons. The highest BCUT2D eigenvalue weighted by atomic mass is 14.9. The third kappa shape index (κ3) is 2.01. The van der Waals surface area contributed by atoms with Crippen LogP contribution in [0.15, 0.2) is 43.1 Å². The van der Waals surface area contributed by atoms with Crippen LogP contribution in [0, 0.1) is 0 Å². The van der Waals surface area contributed by atoms with Gasteiger partial charge in [-0.2, -0.15) is 0 Å². The SMILES string of the molecule is C=C/C=C\CNc1c2c(c3[nH]ccc3c1N)C=CCC2. The predicted molar refractivity (Wildman–Crippen MR) is 87.9 cm³/mol. The summed E-state index contributed by atoms with van der Waals surface area (Å²) in [6.07, 6.45) is 14.2. The van der Waals surface area contributed by atoms with Gasteiger partial charge in [0.15, 0.2) is 0 Å². The average Bonchev–Trinajstić information content (AvgIpc) is 2.96. The molecule has 0 atom stereocenters. The number of allylic oxidation sites excluding steroid dienone is 3. The van der Waals surface area contributed by atoms with Crippen molar-refractivity contribution in [2.45, 2.75) is 12.8 Å². The van der Waals surface area contributed by atoms with Crippen molar-refractivity contribution in [3.8, 4) is 0 Å². The van der Waals surface area contributed by atoms with Crippen molar-refractivity contribution in [1.29, 1.82) is 0 Å². The molecule has 1 aliphatic rings. The first-order valence-electron chi connectivity index (χ1n) is 6.92. The molecule has 0 fully saturated rings. The molecule has 3 rings (SSSR count). The first-order valence-corrected chi connectivity index (χ1v) is 6.92. The van der Waals surface area contributed by atoms with E-state index in [2.05, 4.69) is 29.0 Å². The molecule has 0 spiro atoms. The molecule has 20 heavy (non-hydrogen) atoms. The summed E-state index contributed by atoms with van der Waals surface area (Å²) in [5, 5.41) is 4.54. The lowest BCUT2D eigenvalue weighted by Gasteiger charge is -2.20. The van der Waals surface area contributed by atoms with Gasteiger partial charge in [-0.1, -0.05) is 37.0 Å². The molecule has 3 heteroatoms. The second kappa shape index (κ2) is 5.29. The highest BCUT2D eigenvalue weighted by molar-refractivity contribution is 6.04. The van der Waals surface area contributed by atoms with Gasteiger partial charge in [-0.05, 0) is 24.5 Å². The van der Waals surface area contributed by atoms with Gasteiger partial charge < -0.3 is 16.0 Å². The summed E-state index contributed by atoms with van der Waals surface area (Å²) in [7, 11) is 0. The lowest BCUT2D eigenvalue weighted by atomic mass is 9.92. The lowest BCUT2D eigenvalue weighted by molar-refractivity contribution is 0.988. The molecule has 4 N–H and O–H groups in total. The molecular weight excluding hydrogens is 246 g/mol. The number of anilines is 2. The molecule has 1 aromatic carbocycles. The fourth-order valence-corrected chi connectivity index (χ4v) is 2.80. The minimum absolute atomic E-state index is 0.752. The second-order valence-corrected chi connectivity index (χ2v) is 4.93. The minimum atomic E-state index is 0.752. The van der Waals surface area contributed by atoms with Crippen LogP contribution in [0.4, 0.5) is 11.4 Å². The van der Waals surface area contributed by atoms with Gasteiger partial charge in [-0.15, -0.1) is 0 Å². The summed E-state index contributed by atoms with van der Waals surface area (Å²) in [5.74, 6) is 0. The zero-order valence-corrected chi connectivity index (χ0v) is 11.4. The Morgan fingerprint density at radius 3 is 3.20 bits per heavy atom. The Morgan fingerprint density at radius 1 is 1.45 bits per heavy atom. The molecule has 0 unspecified atom stereocenters. The monoisotopic (exact) mass is 265 g/mol. The minimum Gasteiger partial charge on any atom is -0.396 e. The maximum Gasteiger partial charge on any atom is 0.0648 e. The molecule has 0 amide bonds. The highest BCUT2D eigenvalue weighted by Gasteiger charge is 2.18. The number of nitrogens with two attached hydrogens (primary N) is 1. The Balaban J connectivity index is 2.10. The Hall–Kier alpha value is -2.42. The molecule has 1 heterocycles. The van der Waals surface area contributed by atoms with Crippen LogP contribution in [0.25, 0.3) is 17.0 Å². The van der Waals surface area contributed by atoms with E-state index in [4.69, 9.17) is 5.73 Å². The molecule has 1 aliphatic carbocycles. The molecule has 0 saturated heterocycles. The Kier molecular flexibility index (Phi) is 3.33. The molecular formula is C17H19N3. The topological polar surface area (TPSA) is 53.8 Å². The molecule has 0 radical (unpaired) electrons. The molecule has 3 nitrogen and oxygen atoms in total. The van der Waals surface area contributed by atoms with E-state index in [9.17, 15) is 0 Å². The number of nitrogen functional groups attached to an aromatic ring is 1. The van der Waals surface area contributed by atoms with Gasteiger partial charge in [-0.3, -0.25) is 0 Å². The number of nitrogens with one attached hydrogen (secondary N) is 2. The van der Waals surface area contributed by atoms with Crippen molar-refractivity contribution in [1.82, 2.24) is 4.98 Å². The van der Waals surface area contributed by atoms with Crippen LogP contribution < -0.4 is 11.1 Å². The van der Waals surface area contributed by atoms with Crippen LogP contribution in [0.5, 0.6) is 0 Å². The van der Waals surface area contributed by atoms with E-state index < -0.39 is 0 Å². The third-order valence-corrected chi connectivity index (χ3v) is 3.72. The standard InChI is InChI=1S/C17H19N3/c1-2-3-6-10-19-17-13-8-5-4-7-12(13)16-14(15(17)18)9-11-20-16/h2-4,6-7,9,11,19-20H,1,5,8,10,18H2/b6-3-. The van der Waals surface area contributed by atoms with Crippen molar-refractivity contribution >= 4 is 28.4 Å². The fourth-order valence-electron chi connectivity index (χ4n) is 2.80. The number of hydrogen-bond acceptors (Lipinski definition) is 2. The van der Waals surface area contributed by atoms with Gasteiger partial charge in [0.2, 0.25) is 0 Å². The Labute approximate surface area is 118 Å². The van der Waals surface area contributed by atoms with Crippen LogP contribution in [0.3, 0.4) is 0 Å². The maximum atomic E-state index is 6.35. The van der Waals surface area contributed by atoms with Crippen LogP contribution in [0.1, 0.15) is 17.5 Å². The average molecular weight is 265 g/mol. The summed E-state index contributed by atoms with van der Waals surface area (Å²) in [4.78, 5) is 3.31. The van der Waals surface area contributed by atoms with Gasteiger partial charge in [0.05, 0.1) is 16.9 Å². The maximum absolute atomic E-state index is 6.35. The first kappa shape index (κ1) is 12.6. The molecule has 1 aromatic heterocycles. The van der Waals surface area contributed by atoms with Crippen molar-refractivity contribution in [3.63, 3.8) is 0 Å². The lowest BCUT2D eigenvalue weighted by Crippen LogP contribution is -2.09. The Morgan fingerprint density at radius 2 is 2.35 bits per heavy atom. The molecule has 0 saturated carbocycles. The third-order valence-electron chi connectivity index (χ3n) is 3.72. The fraction of sp³-hybridized carbons (Fsp3) is 0.176. The molecule has 0 bridgehead atoms. The van der Waals surface area contributed by atoms with Crippen LogP contribution in [-0.4, -0.2) is 11.5 Å². The smallest absolute Gasteiger partial charge is 0.0648 e. The van der Waals surface area contributed by atoms with Crippen molar-refractivity contribution < 1.29 is 0 Å². The summed E-state index contributed by atoms with van der Waals surface area (Å²) in [5.41, 5.74) is 12.0. The second-order valence-electron chi connectivity index (χ2n) is 4.93. The number of benzene rings is 1. The van der Waals surface area contributed by atoms with Gasteiger partial charge in [0.25, 0.3) is 0 Å². The van der Waals surface area contributed by atoms with Gasteiger partial charge in [0.1, 0.15) is 0 Å². The van der Waals surface area contributed by atoms with Crippen molar-refractivity contribution in [2.75, 3.05) is 17.6 Å². The van der Waals surface area contributed by atoms with E-state index in [0.717, 1.165) is 41.7 Å². The van der Waals surface area contributed by atoms with Crippen molar-refractivity contribution in [2.24, 2.45) is 0 Å². The summed E-state index contributed by atoms with van der Waals surface area (Å²) < 4.78 is 0. The van der Waals surface area contributed by atoms with Gasteiger partial charge >= 0.3 is 0 Å². The zero-order chi connectivity index (χ0) is 13.9. The summed E-state index contributed by atoms with van der Waals surface area (Å²) in [6, 6.07) is 2.04. The number of rotatable bonds is 4. The van der Waals surface area contributed by atoms with E-state index in [1.807, 2.05) is 24.4 Å². The number of fused-ring (bicyclic) bond motifs is 3. The number of hydrogen-bond donors (Lipinski definition) is 3. The van der Waals surface area contributed by atoms with E-state index in [0.29, 0.717) is 0 Å². The van der Waals surface area contributed by atoms with Gasteiger partial charge in [-0.25, -0.2) is 0 Å². The van der Waals surface area contributed by atoms with E-state index in [1.54, 1.807) is 6.08 Å². The normalized spacial score (nSPS) is 13.8. The van der Waals surface area contributed by atoms with Gasteiger partial charge in [0, 0.05) is 23.7 Å². The molecule has 2 aromatic rings.